The summed E-state index contributed by atoms with van der Waals surface area (Å²) in [5.41, 5.74) is 0.334. The van der Waals surface area contributed by atoms with E-state index in [4.69, 9.17) is 16.3 Å². The van der Waals surface area contributed by atoms with Crippen LogP contribution >= 0.6 is 11.6 Å². The fourth-order valence-electron chi connectivity index (χ4n) is 2.47. The quantitative estimate of drug-likeness (QED) is 0.451. The molecule has 2 amide bonds. The highest BCUT2D eigenvalue weighted by Crippen LogP contribution is 2.27. The molecule has 0 radical (unpaired) electrons. The maximum Gasteiger partial charge on any atom is 0.294 e. The van der Waals surface area contributed by atoms with Crippen LogP contribution in [0.25, 0.3) is 0 Å². The first kappa shape index (κ1) is 21.1. The van der Waals surface area contributed by atoms with E-state index in [0.29, 0.717) is 16.3 Å². The maximum absolute atomic E-state index is 12.2. The average molecular weight is 408 g/mol. The Labute approximate surface area is 166 Å². The van der Waals surface area contributed by atoms with Gasteiger partial charge in [0.15, 0.2) is 13.1 Å². The molecule has 2 aromatic rings. The summed E-state index contributed by atoms with van der Waals surface area (Å²) < 4.78 is 5.09. The minimum atomic E-state index is -0.625. The summed E-state index contributed by atoms with van der Waals surface area (Å²) in [7, 11) is 3.20. The van der Waals surface area contributed by atoms with Crippen molar-refractivity contribution in [1.29, 1.82) is 0 Å². The van der Waals surface area contributed by atoms with E-state index in [-0.39, 0.29) is 35.4 Å². The highest BCUT2D eigenvalue weighted by molar-refractivity contribution is 6.31. The summed E-state index contributed by atoms with van der Waals surface area (Å²) >= 11 is 5.75. The average Bonchev–Trinajstić information content (AvgIpc) is 2.62. The van der Waals surface area contributed by atoms with Crippen LogP contribution in [-0.2, 0) is 9.59 Å². The van der Waals surface area contributed by atoms with Gasteiger partial charge < -0.3 is 20.3 Å². The molecule has 0 aliphatic rings. The van der Waals surface area contributed by atoms with Gasteiger partial charge in [0.05, 0.1) is 19.1 Å². The predicted octanol–water partition coefficient (Wildman–Crippen LogP) is 1.35. The number of ether oxygens (including phenoxy) is 1. The van der Waals surface area contributed by atoms with Crippen LogP contribution in [0.1, 0.15) is 0 Å². The number of nitro groups is 1. The van der Waals surface area contributed by atoms with E-state index in [1.165, 1.54) is 19.2 Å². The van der Waals surface area contributed by atoms with Gasteiger partial charge in [-0.2, -0.15) is 0 Å². The lowest BCUT2D eigenvalue weighted by Crippen LogP contribution is -3.11. The molecule has 0 aromatic heterocycles. The molecule has 0 saturated heterocycles. The minimum Gasteiger partial charge on any atom is -0.497 e. The second kappa shape index (κ2) is 9.67. The van der Waals surface area contributed by atoms with E-state index in [9.17, 15) is 19.7 Å². The standard InChI is InChI=1S/C18H19ClN4O5/c1-22(10-17(24)20-13-4-3-5-14(9-13)28-2)11-18(25)21-15-7-6-12(19)8-16(15)23(26)27/h3-9H,10-11H2,1-2H3,(H,20,24)(H,21,25)/p+1. The van der Waals surface area contributed by atoms with Gasteiger partial charge in [0.2, 0.25) is 0 Å². The number of nitrogens with zero attached hydrogens (tertiary/aromatic N) is 1. The van der Waals surface area contributed by atoms with Crippen LogP contribution in [0.5, 0.6) is 5.75 Å². The van der Waals surface area contributed by atoms with Crippen molar-refractivity contribution >= 4 is 40.5 Å². The molecular weight excluding hydrogens is 388 g/mol. The third-order valence-electron chi connectivity index (χ3n) is 3.71. The molecule has 0 aliphatic carbocycles. The number of methoxy groups -OCH3 is 1. The first-order valence-electron chi connectivity index (χ1n) is 8.27. The number of benzene rings is 2. The van der Waals surface area contributed by atoms with Crippen molar-refractivity contribution in [3.8, 4) is 5.75 Å². The molecule has 0 spiro atoms. The highest BCUT2D eigenvalue weighted by Gasteiger charge is 2.19. The van der Waals surface area contributed by atoms with Crippen molar-refractivity contribution in [3.05, 3.63) is 57.6 Å². The van der Waals surface area contributed by atoms with Crippen molar-refractivity contribution in [2.24, 2.45) is 0 Å². The number of likely N-dealkylation sites (N-methyl/N-ethyl adjacent to an activating group) is 1. The number of nitrogens with one attached hydrogen (secondary N) is 3. The van der Waals surface area contributed by atoms with Crippen LogP contribution in [0.4, 0.5) is 17.1 Å². The van der Waals surface area contributed by atoms with Crippen LogP contribution in [0.3, 0.4) is 0 Å². The van der Waals surface area contributed by atoms with Crippen molar-refractivity contribution in [2.45, 2.75) is 0 Å². The Bertz CT molecular complexity index is 890. The van der Waals surface area contributed by atoms with Gasteiger partial charge in [0.1, 0.15) is 11.4 Å². The number of hydrogen-bond donors (Lipinski definition) is 3. The number of amides is 2. The van der Waals surface area contributed by atoms with Gasteiger partial charge in [-0.1, -0.05) is 17.7 Å². The highest BCUT2D eigenvalue weighted by atomic mass is 35.5. The molecule has 0 heterocycles. The molecule has 3 N–H and O–H groups in total. The molecule has 0 bridgehead atoms. The predicted molar refractivity (Wildman–Crippen MR) is 105 cm³/mol. The second-order valence-electron chi connectivity index (χ2n) is 6.06. The van der Waals surface area contributed by atoms with E-state index in [2.05, 4.69) is 10.6 Å². The largest absolute Gasteiger partial charge is 0.497 e. The normalized spacial score (nSPS) is 11.4. The molecule has 2 rings (SSSR count). The van der Waals surface area contributed by atoms with Crippen LogP contribution in [0.15, 0.2) is 42.5 Å². The van der Waals surface area contributed by atoms with Crippen LogP contribution in [-0.4, -0.2) is 44.0 Å². The summed E-state index contributed by atoms with van der Waals surface area (Å²) in [6.07, 6.45) is 0. The zero-order valence-corrected chi connectivity index (χ0v) is 16.1. The third-order valence-corrected chi connectivity index (χ3v) is 3.94. The van der Waals surface area contributed by atoms with Gasteiger partial charge in [0, 0.05) is 22.8 Å². The van der Waals surface area contributed by atoms with Gasteiger partial charge in [-0.15, -0.1) is 0 Å². The van der Waals surface area contributed by atoms with Gasteiger partial charge in [-0.3, -0.25) is 19.7 Å². The summed E-state index contributed by atoms with van der Waals surface area (Å²) in [5.74, 6) is -0.129. The van der Waals surface area contributed by atoms with E-state index < -0.39 is 10.8 Å². The summed E-state index contributed by atoms with van der Waals surface area (Å²) in [5, 5.41) is 16.5. The number of anilines is 2. The second-order valence-corrected chi connectivity index (χ2v) is 6.49. The number of hydrogen-bond acceptors (Lipinski definition) is 5. The van der Waals surface area contributed by atoms with Crippen molar-refractivity contribution < 1.29 is 24.1 Å². The lowest BCUT2D eigenvalue weighted by molar-refractivity contribution is -0.862. The van der Waals surface area contributed by atoms with Crippen molar-refractivity contribution in [2.75, 3.05) is 37.9 Å². The molecule has 0 saturated carbocycles. The Kier molecular flexibility index (Phi) is 7.30. The van der Waals surface area contributed by atoms with Gasteiger partial charge in [0.25, 0.3) is 17.5 Å². The van der Waals surface area contributed by atoms with Crippen molar-refractivity contribution in [1.82, 2.24) is 0 Å². The van der Waals surface area contributed by atoms with E-state index in [0.717, 1.165) is 6.07 Å². The van der Waals surface area contributed by atoms with E-state index in [1.807, 2.05) is 0 Å². The Morgan fingerprint density at radius 2 is 1.82 bits per heavy atom. The van der Waals surface area contributed by atoms with Crippen LogP contribution < -0.4 is 20.3 Å². The summed E-state index contributed by atoms with van der Waals surface area (Å²) in [6, 6.07) is 10.9. The lowest BCUT2D eigenvalue weighted by Gasteiger charge is -2.14. The van der Waals surface area contributed by atoms with Crippen LogP contribution in [0.2, 0.25) is 5.02 Å². The van der Waals surface area contributed by atoms with Gasteiger partial charge in [-0.25, -0.2) is 0 Å². The molecule has 0 fully saturated rings. The molecule has 28 heavy (non-hydrogen) atoms. The fraction of sp³-hybridized carbons (Fsp3) is 0.222. The monoisotopic (exact) mass is 407 g/mol. The minimum absolute atomic E-state index is 0.0351. The molecule has 0 aliphatic heterocycles. The first-order valence-corrected chi connectivity index (χ1v) is 8.65. The zero-order chi connectivity index (χ0) is 20.7. The Morgan fingerprint density at radius 1 is 1.14 bits per heavy atom. The number of nitro benzene ring substituents is 1. The Balaban J connectivity index is 1.90. The van der Waals surface area contributed by atoms with Gasteiger partial charge in [-0.05, 0) is 24.3 Å². The zero-order valence-electron chi connectivity index (χ0n) is 15.3. The van der Waals surface area contributed by atoms with E-state index >= 15 is 0 Å². The van der Waals surface area contributed by atoms with E-state index in [1.54, 1.807) is 31.3 Å². The number of halogens is 1. The number of carbonyl (C=O) groups is 2. The molecule has 10 heteroatoms. The maximum atomic E-state index is 12.2. The Morgan fingerprint density at radius 3 is 2.46 bits per heavy atom. The SMILES string of the molecule is COc1cccc(NC(=O)C[NH+](C)CC(=O)Nc2ccc(Cl)cc2[N+](=O)[O-])c1. The molecule has 148 valence electrons. The first-order chi connectivity index (χ1) is 13.3. The summed E-state index contributed by atoms with van der Waals surface area (Å²) in [4.78, 5) is 35.4. The third kappa shape index (κ3) is 6.22. The molecule has 1 atom stereocenters. The fourth-order valence-corrected chi connectivity index (χ4v) is 2.64. The topological polar surface area (TPSA) is 115 Å². The van der Waals surface area contributed by atoms with Gasteiger partial charge >= 0.3 is 0 Å². The van der Waals surface area contributed by atoms with Crippen LogP contribution in [0, 0.1) is 10.1 Å². The molecular formula is C18H20ClN4O5+. The lowest BCUT2D eigenvalue weighted by atomic mass is 10.2. The smallest absolute Gasteiger partial charge is 0.294 e. The number of rotatable bonds is 8. The number of carbonyl (C=O) groups excluding carboxylic acids is 2. The van der Waals surface area contributed by atoms with Crippen molar-refractivity contribution in [3.63, 3.8) is 0 Å². The summed E-state index contributed by atoms with van der Waals surface area (Å²) in [6.45, 7) is -0.0152. The molecule has 1 unspecified atom stereocenters. The Hall–Kier alpha value is -3.17. The molecule has 9 nitrogen and oxygen atoms in total. The molecule has 2 aromatic carbocycles. The number of quaternary nitrogens is 1.